The largest absolute Gasteiger partial charge is 1.00 e. The van der Waals surface area contributed by atoms with E-state index >= 15 is 0 Å². The van der Waals surface area contributed by atoms with Gasteiger partial charge in [-0.15, -0.1) is 0 Å². The first-order valence-electron chi connectivity index (χ1n) is 18.5. The minimum absolute atomic E-state index is 0. The fourth-order valence-electron chi connectivity index (χ4n) is 8.77. The van der Waals surface area contributed by atoms with Crippen molar-refractivity contribution in [3.63, 3.8) is 0 Å². The quantitative estimate of drug-likeness (QED) is 0.119. The first-order valence-corrected chi connectivity index (χ1v) is 25.7. The van der Waals surface area contributed by atoms with Crippen LogP contribution in [0.3, 0.4) is 0 Å². The van der Waals surface area contributed by atoms with Gasteiger partial charge in [0.2, 0.25) is 0 Å². The van der Waals surface area contributed by atoms with E-state index in [9.17, 15) is 0 Å². The second-order valence-corrected chi connectivity index (χ2v) is 24.8. The molecule has 8 rings (SSSR count). The molecule has 6 aromatic carbocycles. The van der Waals surface area contributed by atoms with Gasteiger partial charge in [0, 0.05) is 0 Å². The molecule has 0 nitrogen and oxygen atoms in total. The molecule has 0 saturated heterocycles. The average Bonchev–Trinajstić information content (AvgIpc) is 3.60. The molecule has 0 N–H and O–H groups in total. The van der Waals surface area contributed by atoms with Gasteiger partial charge in [-0.05, 0) is 0 Å². The number of hydrogen-bond donors (Lipinski definition) is 0. The van der Waals surface area contributed by atoms with Crippen LogP contribution in [0.15, 0.2) is 145 Å². The fourth-order valence-corrected chi connectivity index (χ4v) is 22.5. The molecule has 0 fully saturated rings. The van der Waals surface area contributed by atoms with E-state index in [0.29, 0.717) is 8.45 Å². The molecule has 4 heteroatoms. The van der Waals surface area contributed by atoms with Crippen LogP contribution in [0.5, 0.6) is 0 Å². The summed E-state index contributed by atoms with van der Waals surface area (Å²) in [5, 5.41) is 5.38. The molecular weight excluding hydrogens is 711 g/mol. The van der Waals surface area contributed by atoms with E-state index in [1.54, 1.807) is 22.3 Å². The number of hydrogen-bond acceptors (Lipinski definition) is 0. The number of halogens is 2. The Hall–Kier alpha value is -3.17. The van der Waals surface area contributed by atoms with Crippen LogP contribution in [0.2, 0.25) is 6.55 Å². The summed E-state index contributed by atoms with van der Waals surface area (Å²) in [6, 6.07) is 50.3. The molecule has 2 atom stereocenters. The molecule has 0 heterocycles. The third-order valence-electron chi connectivity index (χ3n) is 11.0. The van der Waals surface area contributed by atoms with E-state index in [0.717, 1.165) is 0 Å². The molecule has 0 radical (unpaired) electrons. The summed E-state index contributed by atoms with van der Waals surface area (Å²) in [5.74, 6) is 0. The topological polar surface area (TPSA) is 0 Å². The zero-order valence-electron chi connectivity index (χ0n) is 30.6. The smallest absolute Gasteiger partial charge is 1.00 e. The Bertz CT molecular complexity index is 2030. The second-order valence-electron chi connectivity index (χ2n) is 13.8. The maximum absolute atomic E-state index is 2.62. The monoisotopic (exact) mass is 759 g/mol. The summed E-state index contributed by atoms with van der Waals surface area (Å²) in [7, 11) is -0.262. The third kappa shape index (κ3) is 7.26. The molecule has 2 unspecified atom stereocenters. The average molecular weight is 761 g/mol. The van der Waals surface area contributed by atoms with Gasteiger partial charge >= 0.3 is 264 Å². The molecule has 2 aliphatic carbocycles. The molecular formula is C47H49Cl2SiTi. The van der Waals surface area contributed by atoms with Crippen molar-refractivity contribution in [2.24, 2.45) is 0 Å². The van der Waals surface area contributed by atoms with Gasteiger partial charge in [0.05, 0.1) is 0 Å². The summed E-state index contributed by atoms with van der Waals surface area (Å²) in [5.41, 5.74) is 15.1. The Morgan fingerprint density at radius 3 is 1.24 bits per heavy atom. The first-order chi connectivity index (χ1) is 24.1. The molecule has 51 heavy (non-hydrogen) atoms. The van der Waals surface area contributed by atoms with Crippen LogP contribution >= 0.6 is 0 Å². The van der Waals surface area contributed by atoms with E-state index in [1.807, 2.05) is 0 Å². The predicted molar refractivity (Wildman–Crippen MR) is 214 cm³/mol. The van der Waals surface area contributed by atoms with E-state index in [2.05, 4.69) is 168 Å². The molecule has 0 bridgehead atoms. The number of allylic oxidation sites excluding steroid dienone is 2. The standard InChI is InChI=1S/2C20H15.C6H14.CH5Si.2ClH.Ti/c2*1-14-13-16-8-3-5-11-18(16)20(14)19-12-6-9-15-7-2-4-10-17(15)19;1-3-5-6-4-2;1-2;;;/h2*2-13H,1H3;3-6H2,1-2H3;2H2,1H3;2*1H;/q;;;;;;+2/p-2. The normalized spacial score (nSPS) is 16.1. The van der Waals surface area contributed by atoms with Gasteiger partial charge in [-0.1, -0.05) is 39.5 Å². The zero-order chi connectivity index (χ0) is 33.9. The zero-order valence-corrected chi connectivity index (χ0v) is 35.1. The van der Waals surface area contributed by atoms with Crippen molar-refractivity contribution in [3.05, 3.63) is 178 Å². The molecule has 0 aliphatic heterocycles. The third-order valence-corrected chi connectivity index (χ3v) is 23.6. The SMILES string of the molecule is CCCCCC.C[SiH2][Ti+2]([CH]1C(C)=C(c2cccc3ccccc23)c2ccccc21)[CH]1C(C)=C(c2cccc3ccccc23)c2ccccc21.[Cl-].[Cl-]. The molecule has 0 spiro atoms. The summed E-state index contributed by atoms with van der Waals surface area (Å²) >= 11 is -1.72. The van der Waals surface area contributed by atoms with Crippen molar-refractivity contribution in [2.45, 2.75) is 68.4 Å². The van der Waals surface area contributed by atoms with Crippen molar-refractivity contribution < 1.29 is 41.9 Å². The molecule has 259 valence electrons. The molecule has 0 aromatic heterocycles. The van der Waals surface area contributed by atoms with Crippen molar-refractivity contribution in [1.29, 1.82) is 0 Å². The molecule has 2 aliphatic rings. The van der Waals surface area contributed by atoms with Gasteiger partial charge in [0.1, 0.15) is 0 Å². The van der Waals surface area contributed by atoms with Crippen LogP contribution < -0.4 is 24.8 Å². The van der Waals surface area contributed by atoms with Gasteiger partial charge in [0.25, 0.3) is 0 Å². The van der Waals surface area contributed by atoms with Gasteiger partial charge in [0.15, 0.2) is 0 Å². The second kappa shape index (κ2) is 17.6. The van der Waals surface area contributed by atoms with Crippen LogP contribution in [0.4, 0.5) is 0 Å². The molecule has 0 saturated carbocycles. The Balaban J connectivity index is 0.000000583. The van der Waals surface area contributed by atoms with Gasteiger partial charge in [-0.2, -0.15) is 0 Å². The molecule has 6 aromatic rings. The van der Waals surface area contributed by atoms with Crippen LogP contribution in [-0.4, -0.2) is 7.39 Å². The summed E-state index contributed by atoms with van der Waals surface area (Å²) in [6.07, 6.45) is 5.54. The molecule has 0 amide bonds. The number of rotatable bonds is 8. The maximum atomic E-state index is 2.62. The van der Waals surface area contributed by atoms with E-state index < -0.39 is 17.1 Å². The summed E-state index contributed by atoms with van der Waals surface area (Å²) in [6.45, 7) is 12.0. The number of unbranched alkanes of at least 4 members (excludes halogenated alkanes) is 3. The first kappa shape index (κ1) is 39.0. The van der Waals surface area contributed by atoms with Crippen molar-refractivity contribution in [1.82, 2.24) is 0 Å². The Kier molecular flexibility index (Phi) is 13.4. The van der Waals surface area contributed by atoms with Crippen LogP contribution in [0.25, 0.3) is 32.7 Å². The van der Waals surface area contributed by atoms with Crippen LogP contribution in [-0.2, 0) is 17.1 Å². The number of benzene rings is 6. The predicted octanol–water partition coefficient (Wildman–Crippen LogP) is 6.79. The van der Waals surface area contributed by atoms with Crippen LogP contribution in [0.1, 0.15) is 95.2 Å². The minimum atomic E-state index is -1.72. The van der Waals surface area contributed by atoms with Crippen LogP contribution in [0, 0.1) is 0 Å². The van der Waals surface area contributed by atoms with Crippen molar-refractivity contribution >= 4 is 40.1 Å². The van der Waals surface area contributed by atoms with Gasteiger partial charge in [-0.3, -0.25) is 0 Å². The van der Waals surface area contributed by atoms with Gasteiger partial charge < -0.3 is 24.8 Å². The number of fused-ring (bicyclic) bond motifs is 4. The Labute approximate surface area is 326 Å². The summed E-state index contributed by atoms with van der Waals surface area (Å²) in [4.78, 5) is 0. The van der Waals surface area contributed by atoms with Crippen molar-refractivity contribution in [3.8, 4) is 0 Å². The Morgan fingerprint density at radius 1 is 0.471 bits per heavy atom. The van der Waals surface area contributed by atoms with Crippen molar-refractivity contribution in [2.75, 3.05) is 0 Å². The Morgan fingerprint density at radius 2 is 0.824 bits per heavy atom. The van der Waals surface area contributed by atoms with E-state index in [-0.39, 0.29) is 32.2 Å². The fraction of sp³-hybridized carbons (Fsp3) is 0.234. The minimum Gasteiger partial charge on any atom is -1.00 e. The van der Waals surface area contributed by atoms with E-state index in [1.165, 1.54) is 80.6 Å². The maximum Gasteiger partial charge on any atom is -1.00 e. The van der Waals surface area contributed by atoms with Gasteiger partial charge in [-0.25, -0.2) is 0 Å². The summed E-state index contributed by atoms with van der Waals surface area (Å²) < 4.78 is 1.17. The van der Waals surface area contributed by atoms with E-state index in [4.69, 9.17) is 0 Å².